The molecule has 0 heterocycles. The summed E-state index contributed by atoms with van der Waals surface area (Å²) in [7, 11) is 3.01. The predicted octanol–water partition coefficient (Wildman–Crippen LogP) is 7.72. The maximum atomic E-state index is 12.9. The van der Waals surface area contributed by atoms with Crippen LogP contribution < -0.4 is 30.1 Å². The van der Waals surface area contributed by atoms with Gasteiger partial charge in [-0.2, -0.15) is 0 Å². The zero-order valence-electron chi connectivity index (χ0n) is 27.6. The zero-order valence-corrected chi connectivity index (χ0v) is 28.5. The lowest BCUT2D eigenvalue weighted by molar-refractivity contribution is -0.145. The fraction of sp³-hybridized carbons (Fsp3) is 0.359. The minimum atomic E-state index is -2.09. The molecule has 0 bridgehead atoms. The van der Waals surface area contributed by atoms with Crippen LogP contribution in [0.2, 0.25) is 0 Å². The van der Waals surface area contributed by atoms with Crippen LogP contribution in [0.4, 0.5) is 0 Å². The summed E-state index contributed by atoms with van der Waals surface area (Å²) in [5, 5.41) is 3.82. The second-order valence-electron chi connectivity index (χ2n) is 11.9. The van der Waals surface area contributed by atoms with Gasteiger partial charge in [-0.25, -0.2) is 0 Å². The fourth-order valence-electron chi connectivity index (χ4n) is 5.83. The molecule has 0 aliphatic heterocycles. The Hall–Kier alpha value is -3.82. The molecule has 5 nitrogen and oxygen atoms in total. The number of rotatable bonds is 16. The molecule has 238 valence electrons. The summed E-state index contributed by atoms with van der Waals surface area (Å²) in [6.45, 7) is 6.78. The number of unbranched alkanes of at least 4 members (excludes halogenated alkanes) is 2. The highest BCUT2D eigenvalue weighted by molar-refractivity contribution is 7.95. The van der Waals surface area contributed by atoms with E-state index in [4.69, 9.17) is 18.9 Å². The van der Waals surface area contributed by atoms with Crippen molar-refractivity contribution in [2.75, 3.05) is 34.1 Å². The third-order valence-corrected chi connectivity index (χ3v) is 12.9. The highest BCUT2D eigenvalue weighted by Crippen LogP contribution is 2.56. The van der Waals surface area contributed by atoms with Gasteiger partial charge in [0, 0.05) is 6.07 Å². The monoisotopic (exact) mass is 627 g/mol. The molecule has 45 heavy (non-hydrogen) atoms. The number of methoxy groups -OCH3 is 3. The van der Waals surface area contributed by atoms with Crippen LogP contribution >= 0.6 is 7.26 Å². The topological polar surface area (TPSA) is 54.0 Å². The second kappa shape index (κ2) is 16.5. The molecular formula is C39H48O5P+. The molecule has 0 amide bonds. The van der Waals surface area contributed by atoms with E-state index in [0.29, 0.717) is 12.5 Å². The minimum Gasteiger partial charge on any atom is -0.497 e. The smallest absolute Gasteiger partial charge is 0.313 e. The maximum Gasteiger partial charge on any atom is 0.313 e. The Morgan fingerprint density at radius 3 is 1.76 bits per heavy atom. The van der Waals surface area contributed by atoms with E-state index in [2.05, 4.69) is 80.6 Å². The Morgan fingerprint density at radius 2 is 1.22 bits per heavy atom. The Labute approximate surface area is 270 Å². The number of hydrogen-bond acceptors (Lipinski definition) is 5. The van der Waals surface area contributed by atoms with Crippen molar-refractivity contribution in [1.29, 1.82) is 0 Å². The van der Waals surface area contributed by atoms with Gasteiger partial charge in [-0.15, -0.1) is 0 Å². The third kappa shape index (κ3) is 8.67. The van der Waals surface area contributed by atoms with Gasteiger partial charge < -0.3 is 18.9 Å². The molecule has 0 aromatic heterocycles. The molecule has 0 N–H and O–H groups in total. The first-order valence-corrected chi connectivity index (χ1v) is 17.9. The van der Waals surface area contributed by atoms with Crippen molar-refractivity contribution < 1.29 is 23.7 Å². The van der Waals surface area contributed by atoms with E-state index >= 15 is 0 Å². The van der Waals surface area contributed by atoms with E-state index in [-0.39, 0.29) is 11.9 Å². The fourth-order valence-corrected chi connectivity index (χ4v) is 10.2. The number of hydrogen-bond donors (Lipinski definition) is 0. The van der Waals surface area contributed by atoms with Gasteiger partial charge in [-0.05, 0) is 110 Å². The molecule has 4 aromatic rings. The summed E-state index contributed by atoms with van der Waals surface area (Å²) >= 11 is 0. The third-order valence-electron chi connectivity index (χ3n) is 8.38. The lowest BCUT2D eigenvalue weighted by atomic mass is 9.97. The van der Waals surface area contributed by atoms with Gasteiger partial charge in [-0.1, -0.05) is 44.2 Å². The lowest BCUT2D eigenvalue weighted by Gasteiger charge is -2.28. The molecule has 0 radical (unpaired) electrons. The van der Waals surface area contributed by atoms with Gasteiger partial charge in [0.2, 0.25) is 0 Å². The van der Waals surface area contributed by atoms with Crippen molar-refractivity contribution in [3.63, 3.8) is 0 Å². The zero-order chi connectivity index (χ0) is 32.2. The van der Waals surface area contributed by atoms with Crippen molar-refractivity contribution in [2.45, 2.75) is 52.4 Å². The molecule has 0 aliphatic carbocycles. The van der Waals surface area contributed by atoms with Crippen LogP contribution in [0.25, 0.3) is 0 Å². The largest absolute Gasteiger partial charge is 0.497 e. The van der Waals surface area contributed by atoms with Gasteiger partial charge >= 0.3 is 5.97 Å². The summed E-state index contributed by atoms with van der Waals surface area (Å²) in [5.74, 6) is 2.67. The molecule has 4 aromatic carbocycles. The van der Waals surface area contributed by atoms with E-state index < -0.39 is 7.26 Å². The molecule has 0 spiro atoms. The van der Waals surface area contributed by atoms with Crippen LogP contribution in [0.15, 0.2) is 97.1 Å². The van der Waals surface area contributed by atoms with Crippen LogP contribution in [0, 0.1) is 5.92 Å². The van der Waals surface area contributed by atoms with Crippen LogP contribution in [0.3, 0.4) is 0 Å². The first-order chi connectivity index (χ1) is 21.8. The normalized spacial score (nSPS) is 12.1. The van der Waals surface area contributed by atoms with Crippen LogP contribution in [0.1, 0.15) is 57.1 Å². The Kier molecular flexibility index (Phi) is 12.5. The average molecular weight is 628 g/mol. The molecule has 1 unspecified atom stereocenters. The summed E-state index contributed by atoms with van der Waals surface area (Å²) in [4.78, 5) is 12.9. The maximum absolute atomic E-state index is 12.9. The number of esters is 1. The van der Waals surface area contributed by atoms with Gasteiger partial charge in [0.1, 0.15) is 40.4 Å². The average Bonchev–Trinajstić information content (AvgIpc) is 3.08. The predicted molar refractivity (Wildman–Crippen MR) is 188 cm³/mol. The molecule has 0 aliphatic rings. The highest BCUT2D eigenvalue weighted by atomic mass is 31.2. The summed E-state index contributed by atoms with van der Waals surface area (Å²) < 4.78 is 22.4. The number of carbonyl (C=O) groups excluding carboxylic acids is 1. The van der Waals surface area contributed by atoms with Crippen molar-refractivity contribution in [3.8, 4) is 17.2 Å². The Balaban J connectivity index is 1.49. The van der Waals surface area contributed by atoms with Crippen molar-refractivity contribution in [2.24, 2.45) is 5.92 Å². The number of benzene rings is 4. The van der Waals surface area contributed by atoms with E-state index in [9.17, 15) is 4.79 Å². The first-order valence-electron chi connectivity index (χ1n) is 15.9. The van der Waals surface area contributed by atoms with E-state index in [1.54, 1.807) is 21.3 Å². The SMILES string of the molecule is COc1ccc([P+](CCCCCOC(=O)C(C)c2ccc(CC(C)C)cc2)(c2ccc(OC)cc2)c2cccc(OC)c2)cc1. The molecule has 6 heteroatoms. The van der Waals surface area contributed by atoms with Crippen LogP contribution in [-0.4, -0.2) is 40.1 Å². The van der Waals surface area contributed by atoms with E-state index in [0.717, 1.165) is 54.7 Å². The first kappa shape index (κ1) is 34.1. The lowest BCUT2D eigenvalue weighted by Crippen LogP contribution is -2.33. The van der Waals surface area contributed by atoms with Gasteiger partial charge in [0.25, 0.3) is 0 Å². The Bertz CT molecular complexity index is 1430. The standard InChI is InChI=1S/C39H48O5P/c1-29(2)27-31-13-15-32(16-14-31)30(3)39(40)44-25-8-7-9-26-45(36-21-17-33(41-4)18-22-36,37-23-19-34(42-5)20-24-37)38-12-10-11-35(28-38)43-6/h10-24,28-30H,7-9,25-27H2,1-6H3/q+1. The van der Waals surface area contributed by atoms with Crippen molar-refractivity contribution in [3.05, 3.63) is 108 Å². The second-order valence-corrected chi connectivity index (χ2v) is 15.5. The van der Waals surface area contributed by atoms with Crippen LogP contribution in [-0.2, 0) is 16.0 Å². The Morgan fingerprint density at radius 1 is 0.644 bits per heavy atom. The summed E-state index contributed by atoms with van der Waals surface area (Å²) in [6, 6.07) is 33.9. The summed E-state index contributed by atoms with van der Waals surface area (Å²) in [6.07, 6.45) is 4.75. The molecule has 4 rings (SSSR count). The van der Waals surface area contributed by atoms with Crippen LogP contribution in [0.5, 0.6) is 17.2 Å². The number of carbonyl (C=O) groups is 1. The van der Waals surface area contributed by atoms with E-state index in [1.165, 1.54) is 21.5 Å². The molecular weight excluding hydrogens is 579 g/mol. The minimum absolute atomic E-state index is 0.165. The summed E-state index contributed by atoms with van der Waals surface area (Å²) in [5.41, 5.74) is 2.30. The molecule has 0 fully saturated rings. The van der Waals surface area contributed by atoms with Gasteiger partial charge in [-0.3, -0.25) is 4.79 Å². The molecule has 1 atom stereocenters. The molecule has 0 saturated heterocycles. The molecule has 0 saturated carbocycles. The quantitative estimate of drug-likeness (QED) is 0.0724. The van der Waals surface area contributed by atoms with Gasteiger partial charge in [0.05, 0.1) is 40.0 Å². The number of ether oxygens (including phenoxy) is 4. The van der Waals surface area contributed by atoms with Crippen molar-refractivity contribution in [1.82, 2.24) is 0 Å². The highest BCUT2D eigenvalue weighted by Gasteiger charge is 2.45. The van der Waals surface area contributed by atoms with Gasteiger partial charge in [0.15, 0.2) is 0 Å². The van der Waals surface area contributed by atoms with Crippen molar-refractivity contribution >= 4 is 29.1 Å². The van der Waals surface area contributed by atoms with E-state index in [1.807, 2.05) is 37.3 Å².